The Labute approximate surface area is 250 Å². The Morgan fingerprint density at radius 1 is 1.02 bits per heavy atom. The number of carbonyl (C=O) groups is 2. The van der Waals surface area contributed by atoms with E-state index in [0.29, 0.717) is 11.1 Å². The molecule has 0 bridgehead atoms. The number of ether oxygens (including phenoxy) is 2. The molecule has 44 heavy (non-hydrogen) atoms. The number of methoxy groups -OCH3 is 1. The molecule has 3 aromatic rings. The number of anilines is 1. The van der Waals surface area contributed by atoms with Gasteiger partial charge in [0.15, 0.2) is 0 Å². The summed E-state index contributed by atoms with van der Waals surface area (Å²) in [5.74, 6) is -5.15. The number of allylic oxidation sites excluding steroid dienone is 3. The van der Waals surface area contributed by atoms with Crippen molar-refractivity contribution in [1.82, 2.24) is 5.32 Å². The highest BCUT2D eigenvalue weighted by Crippen LogP contribution is 2.43. The van der Waals surface area contributed by atoms with Gasteiger partial charge in [-0.2, -0.15) is 0 Å². The molecule has 2 atom stereocenters. The molecule has 1 aliphatic carbocycles. The minimum atomic E-state index is -4.85. The molecule has 1 unspecified atom stereocenters. The van der Waals surface area contributed by atoms with E-state index in [1.807, 2.05) is 0 Å². The fourth-order valence-electron chi connectivity index (χ4n) is 5.09. The van der Waals surface area contributed by atoms with Crippen LogP contribution >= 0.6 is 0 Å². The van der Waals surface area contributed by atoms with E-state index in [1.165, 1.54) is 36.4 Å². The lowest BCUT2D eigenvalue weighted by Crippen LogP contribution is -2.53. The first-order valence-electron chi connectivity index (χ1n) is 13.4. The highest BCUT2D eigenvalue weighted by atomic mass is 32.2. The number of nitrogens with zero attached hydrogens (tertiary/aromatic N) is 1. The molecule has 230 valence electrons. The van der Waals surface area contributed by atoms with Crippen LogP contribution in [0, 0.1) is 17.5 Å². The predicted molar refractivity (Wildman–Crippen MR) is 154 cm³/mol. The topological polar surface area (TPSA) is 102 Å². The quantitative estimate of drug-likeness (QED) is 0.206. The molecule has 13 heteroatoms. The standard InChI is InChI=1S/C31H26F4N2O6S/c1-42-30(39)28-24(33)17-21(18-25(28)34)43-15-14-36-29(38)27-16-20-6-2-5-9-26(20)37(27)44(40,41)31(35)12-10-19(11-13-31)22-7-3-4-8-23(22)32/h2-12,17-18,27H,13-16H2,1H3,(H,36,38)/t27-,31?/m0/s1. The van der Waals surface area contributed by atoms with Gasteiger partial charge in [0, 0.05) is 30.5 Å². The summed E-state index contributed by atoms with van der Waals surface area (Å²) >= 11 is 0. The van der Waals surface area contributed by atoms with Crippen LogP contribution in [0.5, 0.6) is 5.75 Å². The van der Waals surface area contributed by atoms with Gasteiger partial charge in [-0.05, 0) is 29.3 Å². The SMILES string of the molecule is COC(=O)c1c(F)cc(OCCNC(=O)[C@@H]2Cc3ccccc3N2S(=O)(=O)C2(F)C=CC(c3ccccc3F)=CC2)cc1F. The molecule has 0 fully saturated rings. The van der Waals surface area contributed by atoms with E-state index < -0.39 is 62.4 Å². The largest absolute Gasteiger partial charge is 0.492 e. The van der Waals surface area contributed by atoms with Crippen LogP contribution < -0.4 is 14.4 Å². The van der Waals surface area contributed by atoms with E-state index in [0.717, 1.165) is 29.6 Å². The number of benzene rings is 3. The third-order valence-corrected chi connectivity index (χ3v) is 9.42. The van der Waals surface area contributed by atoms with E-state index in [9.17, 15) is 31.2 Å². The van der Waals surface area contributed by atoms with Gasteiger partial charge in [-0.15, -0.1) is 0 Å². The number of hydrogen-bond acceptors (Lipinski definition) is 6. The van der Waals surface area contributed by atoms with Crippen LogP contribution in [0.1, 0.15) is 27.9 Å². The summed E-state index contributed by atoms with van der Waals surface area (Å²) in [5.41, 5.74) is 0.291. The number of halogens is 4. The Morgan fingerprint density at radius 2 is 1.70 bits per heavy atom. The number of esters is 1. The maximum absolute atomic E-state index is 16.3. The Morgan fingerprint density at radius 3 is 2.36 bits per heavy atom. The average Bonchev–Trinajstić information content (AvgIpc) is 3.40. The third kappa shape index (κ3) is 5.66. The van der Waals surface area contributed by atoms with Crippen LogP contribution in [0.3, 0.4) is 0 Å². The van der Waals surface area contributed by atoms with Crippen molar-refractivity contribution in [2.45, 2.75) is 23.9 Å². The Kier molecular flexibility index (Phi) is 8.51. The van der Waals surface area contributed by atoms with Gasteiger partial charge < -0.3 is 14.8 Å². The van der Waals surface area contributed by atoms with Crippen LogP contribution in [-0.2, 0) is 26.0 Å². The maximum Gasteiger partial charge on any atom is 0.343 e. The van der Waals surface area contributed by atoms with Crippen LogP contribution in [0.25, 0.3) is 5.57 Å². The summed E-state index contributed by atoms with van der Waals surface area (Å²) in [4.78, 5) is 24.8. The molecule has 8 nitrogen and oxygen atoms in total. The summed E-state index contributed by atoms with van der Waals surface area (Å²) in [6.45, 7) is -0.467. The van der Waals surface area contributed by atoms with Gasteiger partial charge in [-0.25, -0.2) is 30.8 Å². The number of amides is 1. The number of carbonyl (C=O) groups excluding carboxylic acids is 2. The number of alkyl halides is 1. The van der Waals surface area contributed by atoms with E-state index in [4.69, 9.17) is 4.74 Å². The first-order chi connectivity index (χ1) is 21.0. The van der Waals surface area contributed by atoms with Crippen molar-refractivity contribution in [2.24, 2.45) is 0 Å². The molecule has 5 rings (SSSR count). The second-order valence-electron chi connectivity index (χ2n) is 10.0. The normalized spacial score (nSPS) is 19.2. The second kappa shape index (κ2) is 12.2. The van der Waals surface area contributed by atoms with Crippen molar-refractivity contribution >= 4 is 33.2 Å². The van der Waals surface area contributed by atoms with Crippen LogP contribution in [-0.4, -0.2) is 51.6 Å². The van der Waals surface area contributed by atoms with Gasteiger partial charge in [-0.3, -0.25) is 9.10 Å². The van der Waals surface area contributed by atoms with Crippen molar-refractivity contribution in [1.29, 1.82) is 0 Å². The Bertz CT molecular complexity index is 1770. The van der Waals surface area contributed by atoms with Gasteiger partial charge in [-0.1, -0.05) is 48.6 Å². The average molecular weight is 631 g/mol. The smallest absolute Gasteiger partial charge is 0.343 e. The van der Waals surface area contributed by atoms with Crippen molar-refractivity contribution in [3.05, 3.63) is 113 Å². The zero-order valence-corrected chi connectivity index (χ0v) is 24.0. The number of sulfonamides is 1. The summed E-state index contributed by atoms with van der Waals surface area (Å²) in [5, 5.41) is -0.401. The molecule has 0 aromatic heterocycles. The zero-order valence-electron chi connectivity index (χ0n) is 23.2. The minimum absolute atomic E-state index is 0.0381. The number of rotatable bonds is 9. The number of fused-ring (bicyclic) bond motifs is 1. The van der Waals surface area contributed by atoms with Crippen LogP contribution in [0.4, 0.5) is 23.2 Å². The Balaban J connectivity index is 1.30. The van der Waals surface area contributed by atoms with Gasteiger partial charge in [0.1, 0.15) is 41.4 Å². The summed E-state index contributed by atoms with van der Waals surface area (Å²) in [6, 6.07) is 12.4. The molecule has 0 radical (unpaired) electrons. The van der Waals surface area contributed by atoms with Crippen molar-refractivity contribution < 1.29 is 45.0 Å². The second-order valence-corrected chi connectivity index (χ2v) is 12.0. The summed E-state index contributed by atoms with van der Waals surface area (Å²) in [6.07, 6.45) is 2.71. The number of hydrogen-bond donors (Lipinski definition) is 1. The summed E-state index contributed by atoms with van der Waals surface area (Å²) in [7, 11) is -3.88. The molecular weight excluding hydrogens is 604 g/mol. The zero-order chi connectivity index (χ0) is 31.6. The molecule has 1 N–H and O–H groups in total. The predicted octanol–water partition coefficient (Wildman–Crippen LogP) is 4.86. The van der Waals surface area contributed by atoms with Gasteiger partial charge >= 0.3 is 5.97 Å². The van der Waals surface area contributed by atoms with Crippen LogP contribution in [0.2, 0.25) is 0 Å². The highest BCUT2D eigenvalue weighted by Gasteiger charge is 2.52. The van der Waals surface area contributed by atoms with Gasteiger partial charge in [0.05, 0.1) is 19.3 Å². The monoisotopic (exact) mass is 630 g/mol. The van der Waals surface area contributed by atoms with E-state index in [1.54, 1.807) is 24.3 Å². The lowest BCUT2D eigenvalue weighted by Gasteiger charge is -2.33. The van der Waals surface area contributed by atoms with Gasteiger partial charge in [0.2, 0.25) is 5.91 Å². The van der Waals surface area contributed by atoms with E-state index in [-0.39, 0.29) is 36.6 Å². The van der Waals surface area contributed by atoms with Crippen LogP contribution in [0.15, 0.2) is 78.9 Å². The fraction of sp³-hybridized carbons (Fsp3) is 0.226. The lowest BCUT2D eigenvalue weighted by atomic mass is 9.98. The van der Waals surface area contributed by atoms with Crippen molar-refractivity contribution in [3.8, 4) is 5.75 Å². The number of nitrogens with one attached hydrogen (secondary N) is 1. The Hall–Kier alpha value is -4.65. The molecule has 0 saturated heterocycles. The lowest BCUT2D eigenvalue weighted by molar-refractivity contribution is -0.122. The molecule has 1 aliphatic heterocycles. The minimum Gasteiger partial charge on any atom is -0.492 e. The molecule has 0 saturated carbocycles. The van der Waals surface area contributed by atoms with E-state index >= 15 is 4.39 Å². The first kappa shape index (κ1) is 30.8. The molecule has 1 heterocycles. The first-order valence-corrected chi connectivity index (χ1v) is 14.8. The van der Waals surface area contributed by atoms with Gasteiger partial charge in [0.25, 0.3) is 15.0 Å². The highest BCUT2D eigenvalue weighted by molar-refractivity contribution is 7.94. The molecule has 3 aromatic carbocycles. The molecule has 2 aliphatic rings. The van der Waals surface area contributed by atoms with Crippen molar-refractivity contribution in [2.75, 3.05) is 24.6 Å². The van der Waals surface area contributed by atoms with Crippen molar-refractivity contribution in [3.63, 3.8) is 0 Å². The molecular formula is C31H26F4N2O6S. The molecule has 1 amide bonds. The molecule has 0 spiro atoms. The summed E-state index contributed by atoms with van der Waals surface area (Å²) < 4.78 is 97.0. The maximum atomic E-state index is 16.3. The van der Waals surface area contributed by atoms with E-state index in [2.05, 4.69) is 10.1 Å². The number of para-hydroxylation sites is 1. The fourth-order valence-corrected chi connectivity index (χ4v) is 6.90. The third-order valence-electron chi connectivity index (χ3n) is 7.29.